The highest BCUT2D eigenvalue weighted by Gasteiger charge is 2.45. The minimum atomic E-state index is -0.605. The molecule has 6 rings (SSSR count). The molecular formula is C52H68F2O5S2. The summed E-state index contributed by atoms with van der Waals surface area (Å²) in [5.41, 5.74) is 4.50. The summed E-state index contributed by atoms with van der Waals surface area (Å²) in [5.74, 6) is 3.12. The predicted molar refractivity (Wildman–Crippen MR) is 248 cm³/mol. The number of aliphatic hydroxyl groups is 1. The quantitative estimate of drug-likeness (QED) is 0.0745. The molecule has 9 heteroatoms. The Hall–Kier alpha value is -3.08. The van der Waals surface area contributed by atoms with Gasteiger partial charge >= 0.3 is 0 Å². The summed E-state index contributed by atoms with van der Waals surface area (Å²) in [7, 11) is 0. The fourth-order valence-electron chi connectivity index (χ4n) is 9.43. The highest BCUT2D eigenvalue weighted by atomic mass is 32.2. The third-order valence-corrected chi connectivity index (χ3v) is 15.8. The average Bonchev–Trinajstić information content (AvgIpc) is 3.50. The van der Waals surface area contributed by atoms with Gasteiger partial charge in [0.05, 0.1) is 32.5 Å². The molecule has 0 bridgehead atoms. The number of benzene rings is 4. The van der Waals surface area contributed by atoms with Crippen molar-refractivity contribution in [1.29, 1.82) is 0 Å². The molecule has 0 aliphatic carbocycles. The number of hydrogen-bond donors (Lipinski definition) is 1. The monoisotopic (exact) mass is 874 g/mol. The number of halogens is 2. The van der Waals surface area contributed by atoms with Gasteiger partial charge in [-0.3, -0.25) is 0 Å². The van der Waals surface area contributed by atoms with Crippen molar-refractivity contribution in [2.75, 3.05) is 51.1 Å². The maximum Gasteiger partial charge on any atom is 0.123 e. The Bertz CT molecular complexity index is 1930. The zero-order chi connectivity index (χ0) is 43.1. The number of aliphatic hydroxyl groups excluding tert-OH is 1. The molecule has 2 heterocycles. The normalized spacial score (nSPS) is 22.5. The van der Waals surface area contributed by atoms with Gasteiger partial charge in [-0.2, -0.15) is 0 Å². The smallest absolute Gasteiger partial charge is 0.123 e. The summed E-state index contributed by atoms with van der Waals surface area (Å²) in [6.45, 7) is 11.6. The summed E-state index contributed by atoms with van der Waals surface area (Å²) in [5, 5.41) is 12.2. The molecule has 0 unspecified atom stereocenters. The first-order valence-electron chi connectivity index (χ1n) is 22.8. The van der Waals surface area contributed by atoms with Crippen LogP contribution in [0.1, 0.15) is 126 Å². The number of hydrogen-bond acceptors (Lipinski definition) is 7. The van der Waals surface area contributed by atoms with Crippen LogP contribution in [0.25, 0.3) is 0 Å². The van der Waals surface area contributed by atoms with E-state index in [4.69, 9.17) is 18.9 Å². The van der Waals surface area contributed by atoms with Crippen LogP contribution >= 0.6 is 23.5 Å². The summed E-state index contributed by atoms with van der Waals surface area (Å²) in [6, 6.07) is 26.3. The Morgan fingerprint density at radius 2 is 1.18 bits per heavy atom. The molecule has 2 aliphatic rings. The van der Waals surface area contributed by atoms with Gasteiger partial charge in [-0.05, 0) is 133 Å². The minimum absolute atomic E-state index is 0.196. The Morgan fingerprint density at radius 3 is 1.79 bits per heavy atom. The van der Waals surface area contributed by atoms with Crippen LogP contribution in [0.5, 0.6) is 11.5 Å². The van der Waals surface area contributed by atoms with Gasteiger partial charge in [0, 0.05) is 32.6 Å². The molecular weight excluding hydrogens is 807 g/mol. The van der Waals surface area contributed by atoms with Gasteiger partial charge in [-0.15, -0.1) is 23.5 Å². The van der Waals surface area contributed by atoms with Gasteiger partial charge in [0.2, 0.25) is 0 Å². The van der Waals surface area contributed by atoms with Crippen LogP contribution in [0.15, 0.2) is 94.7 Å². The van der Waals surface area contributed by atoms with Crippen molar-refractivity contribution in [1.82, 2.24) is 0 Å². The summed E-state index contributed by atoms with van der Waals surface area (Å²) in [4.78, 5) is 2.47. The molecule has 0 amide bonds. The van der Waals surface area contributed by atoms with Crippen LogP contribution in [0.2, 0.25) is 0 Å². The lowest BCUT2D eigenvalue weighted by molar-refractivity contribution is 0.0143. The first kappa shape index (κ1) is 47.4. The molecule has 0 radical (unpaired) electrons. The predicted octanol–water partition coefficient (Wildman–Crippen LogP) is 13.4. The highest BCUT2D eigenvalue weighted by molar-refractivity contribution is 7.99. The molecule has 0 spiro atoms. The van der Waals surface area contributed by atoms with E-state index in [0.29, 0.717) is 45.6 Å². The molecule has 1 N–H and O–H groups in total. The average molecular weight is 875 g/mol. The molecule has 2 aliphatic heterocycles. The Kier molecular flexibility index (Phi) is 18.3. The second-order valence-electron chi connectivity index (χ2n) is 17.3. The zero-order valence-corrected chi connectivity index (χ0v) is 38.5. The first-order valence-corrected chi connectivity index (χ1v) is 24.8. The number of fused-ring (bicyclic) bond motifs is 2. The lowest BCUT2D eigenvalue weighted by Crippen LogP contribution is -2.41. The molecule has 332 valence electrons. The highest BCUT2D eigenvalue weighted by Crippen LogP contribution is 2.53. The lowest BCUT2D eigenvalue weighted by Gasteiger charge is -2.40. The van der Waals surface area contributed by atoms with E-state index < -0.39 is 6.10 Å². The van der Waals surface area contributed by atoms with Crippen molar-refractivity contribution < 1.29 is 32.8 Å². The van der Waals surface area contributed by atoms with E-state index in [9.17, 15) is 13.9 Å². The van der Waals surface area contributed by atoms with Crippen molar-refractivity contribution >= 4 is 23.5 Å². The standard InChI is InChI=1S/C52H68F2O5S2/c1-5-9-24-51(8-4)35-40(32-38-11-15-41(53)16-12-38)45-33-43(19-21-47(45)60-36-51)58-30-28-56-26-27-57-29-31-59-44-20-22-48-46(34-44)49(39-13-17-42(54)18-14-39)50(55)52(23-7-3,37-61-48)25-10-6-2/h11-22,33-34,40,49-50,55H,5-10,23-32,35-37H2,1-4H3/t40-,49-,50-,51-,52-/m1/s1. The zero-order valence-electron chi connectivity index (χ0n) is 36.9. The fraction of sp³-hybridized carbons (Fsp3) is 0.538. The largest absolute Gasteiger partial charge is 0.491 e. The molecule has 5 atom stereocenters. The van der Waals surface area contributed by atoms with E-state index in [1.165, 1.54) is 47.4 Å². The van der Waals surface area contributed by atoms with Gasteiger partial charge in [-0.25, -0.2) is 8.78 Å². The Morgan fingerprint density at radius 1 is 0.623 bits per heavy atom. The summed E-state index contributed by atoms with van der Waals surface area (Å²) in [6.07, 6.45) is 11.3. The summed E-state index contributed by atoms with van der Waals surface area (Å²) >= 11 is 3.81. The van der Waals surface area contributed by atoms with E-state index in [1.54, 1.807) is 12.1 Å². The second-order valence-corrected chi connectivity index (χ2v) is 19.3. The van der Waals surface area contributed by atoms with Crippen LogP contribution in [0, 0.1) is 22.5 Å². The topological polar surface area (TPSA) is 57.2 Å². The molecule has 61 heavy (non-hydrogen) atoms. The molecule has 0 saturated heterocycles. The minimum Gasteiger partial charge on any atom is -0.491 e. The first-order chi connectivity index (χ1) is 29.7. The van der Waals surface area contributed by atoms with Crippen LogP contribution in [-0.2, 0) is 15.9 Å². The van der Waals surface area contributed by atoms with Crippen molar-refractivity contribution in [3.63, 3.8) is 0 Å². The van der Waals surface area contributed by atoms with Crippen LogP contribution in [0.3, 0.4) is 0 Å². The SMILES string of the molecule is CCCC[C@@]1(CC)CSc2ccc(OCCOCCOCCOc3ccc4c(c3)[C@@H](c3ccc(F)cc3)[C@@H](O)[C@](CCC)(CCCC)CS4)cc2[C@H](Cc2ccc(F)cc2)C1. The van der Waals surface area contributed by atoms with Crippen LogP contribution in [0.4, 0.5) is 8.78 Å². The van der Waals surface area contributed by atoms with Crippen molar-refractivity contribution in [3.8, 4) is 11.5 Å². The van der Waals surface area contributed by atoms with Gasteiger partial charge in [-0.1, -0.05) is 84.1 Å². The van der Waals surface area contributed by atoms with Crippen LogP contribution < -0.4 is 9.47 Å². The Labute approximate surface area is 373 Å². The van der Waals surface area contributed by atoms with Gasteiger partial charge in [0.25, 0.3) is 0 Å². The third-order valence-electron chi connectivity index (χ3n) is 13.0. The maximum absolute atomic E-state index is 14.1. The van der Waals surface area contributed by atoms with E-state index >= 15 is 0 Å². The molecule has 0 aromatic heterocycles. The second kappa shape index (κ2) is 23.6. The number of unbranched alkanes of at least 4 members (excludes halogenated alkanes) is 2. The van der Waals surface area contributed by atoms with Crippen LogP contribution in [-0.4, -0.2) is 62.4 Å². The number of rotatable bonds is 23. The fourth-order valence-corrected chi connectivity index (χ4v) is 12.3. The molecule has 0 fully saturated rings. The van der Waals surface area contributed by atoms with E-state index in [0.717, 1.165) is 90.4 Å². The molecule has 5 nitrogen and oxygen atoms in total. The molecule has 4 aromatic rings. The third kappa shape index (κ3) is 12.8. The van der Waals surface area contributed by atoms with Gasteiger partial charge in [0.15, 0.2) is 0 Å². The lowest BCUT2D eigenvalue weighted by atomic mass is 9.68. The Balaban J connectivity index is 0.977. The van der Waals surface area contributed by atoms with E-state index in [1.807, 2.05) is 53.9 Å². The van der Waals surface area contributed by atoms with E-state index in [-0.39, 0.29) is 28.4 Å². The van der Waals surface area contributed by atoms with Gasteiger partial charge in [0.1, 0.15) is 36.3 Å². The number of thioether (sulfide) groups is 2. The molecule has 0 saturated carbocycles. The van der Waals surface area contributed by atoms with Crippen molar-refractivity contribution in [3.05, 3.63) is 119 Å². The molecule has 4 aromatic carbocycles. The summed E-state index contributed by atoms with van der Waals surface area (Å²) < 4.78 is 52.0. The van der Waals surface area contributed by atoms with E-state index in [2.05, 4.69) is 58.0 Å². The maximum atomic E-state index is 14.1. The van der Waals surface area contributed by atoms with Gasteiger partial charge < -0.3 is 24.1 Å². The van der Waals surface area contributed by atoms with Crippen molar-refractivity contribution in [2.45, 2.75) is 126 Å². The number of ether oxygens (including phenoxy) is 4. The van der Waals surface area contributed by atoms with Crippen molar-refractivity contribution in [2.24, 2.45) is 10.8 Å².